The number of likely N-dealkylation sites (tertiary alicyclic amines) is 1. The molecule has 1 saturated heterocycles. The molecule has 3 rings (SSSR count). The Hall–Kier alpha value is -10.1. The molecule has 2 heterocycles. The Morgan fingerprint density at radius 1 is 0.505 bits per heavy atom. The Balaban J connectivity index is 1.74. The van der Waals surface area contributed by atoms with Crippen LogP contribution in [0.15, 0.2) is 29.3 Å². The lowest BCUT2D eigenvalue weighted by Gasteiger charge is -2.30. The molecule has 0 bridgehead atoms. The van der Waals surface area contributed by atoms with Crippen molar-refractivity contribution < 1.29 is 106 Å². The third-order valence-corrected chi connectivity index (χ3v) is 17.3. The van der Waals surface area contributed by atoms with Crippen molar-refractivity contribution in [3.8, 4) is 5.75 Å². The van der Waals surface area contributed by atoms with Gasteiger partial charge < -0.3 is 118 Å². The van der Waals surface area contributed by atoms with Crippen LogP contribution in [-0.4, -0.2) is 279 Å². The van der Waals surface area contributed by atoms with E-state index in [0.717, 1.165) is 11.8 Å². The van der Waals surface area contributed by atoms with Gasteiger partial charge in [-0.05, 0) is 50.8 Å². The van der Waals surface area contributed by atoms with Crippen molar-refractivity contribution in [3.63, 3.8) is 0 Å². The second-order valence-electron chi connectivity index (χ2n) is 24.2. The van der Waals surface area contributed by atoms with E-state index in [4.69, 9.17) is 28.7 Å². The van der Waals surface area contributed by atoms with Crippen molar-refractivity contribution in [2.24, 2.45) is 33.7 Å². The predicted molar refractivity (Wildman–Crippen MR) is 387 cm³/mol. The minimum atomic E-state index is -2.11. The summed E-state index contributed by atoms with van der Waals surface area (Å²) in [4.78, 5) is 256. The normalized spacial score (nSPS) is 16.7. The number of aliphatic hydroxyl groups excluding tert-OH is 1. The number of aliphatic imine (C=N–C) groups is 1. The smallest absolute Gasteiger partial charge is 0.305 e. The molecule has 2 aliphatic heterocycles. The summed E-state index contributed by atoms with van der Waals surface area (Å²) in [5.41, 5.74) is 27.5. The van der Waals surface area contributed by atoms with Crippen LogP contribution in [0.5, 0.6) is 5.75 Å². The van der Waals surface area contributed by atoms with Gasteiger partial charge in [0.25, 0.3) is 0 Å². The van der Waals surface area contributed by atoms with E-state index >= 15 is 0 Å². The Morgan fingerprint density at radius 2 is 0.916 bits per heavy atom. The van der Waals surface area contributed by atoms with Gasteiger partial charge in [0.15, 0.2) is 0 Å². The number of benzene rings is 1. The molecular weight excluding hydrogens is 1500 g/mol. The molecule has 18 amide bonds. The van der Waals surface area contributed by atoms with Gasteiger partial charge in [0, 0.05) is 61.1 Å². The van der Waals surface area contributed by atoms with E-state index in [1.807, 2.05) is 0 Å². The maximum absolute atomic E-state index is 14.4. The number of primary amides is 4. The number of aliphatic hydroxyl groups is 1. The van der Waals surface area contributed by atoms with Gasteiger partial charge in [0.2, 0.25) is 106 Å². The van der Waals surface area contributed by atoms with E-state index in [-0.39, 0.29) is 68.4 Å². The molecule has 0 saturated carbocycles. The zero-order valence-electron chi connectivity index (χ0n) is 57.8. The zero-order chi connectivity index (χ0) is 80.5. The van der Waals surface area contributed by atoms with Crippen LogP contribution in [0.1, 0.15) is 70.8 Å². The number of carbonyl (C=O) groups excluding carboxylic acids is 18. The summed E-state index contributed by atoms with van der Waals surface area (Å²) < 4.78 is 0. The Labute approximate surface area is 632 Å². The molecule has 27 N–H and O–H groups in total. The van der Waals surface area contributed by atoms with Gasteiger partial charge in [-0.2, -0.15) is 50.5 Å². The summed E-state index contributed by atoms with van der Waals surface area (Å²) in [6, 6.07) is -17.7. The fraction of sp³-hybridized carbons (Fsp3) is 0.567. The van der Waals surface area contributed by atoms with E-state index in [9.17, 15) is 106 Å². The highest BCUT2D eigenvalue weighted by Gasteiger charge is 2.42. The molecule has 107 heavy (non-hydrogen) atoms. The van der Waals surface area contributed by atoms with Gasteiger partial charge in [-0.1, -0.05) is 12.1 Å². The second-order valence-corrected chi connectivity index (χ2v) is 25.7. The number of nitrogens with two attached hydrogens (primary N) is 5. The maximum atomic E-state index is 14.4. The Bertz CT molecular complexity index is 3490. The average Bonchev–Trinajstić information content (AvgIpc) is 1.72. The first-order valence-corrected chi connectivity index (χ1v) is 35.3. The first-order valence-electron chi connectivity index (χ1n) is 32.8. The quantitative estimate of drug-likeness (QED) is 0.0270. The van der Waals surface area contributed by atoms with Gasteiger partial charge in [0.1, 0.15) is 90.3 Å². The average molecular weight is 1590 g/mol. The van der Waals surface area contributed by atoms with E-state index in [2.05, 4.69) is 130 Å². The van der Waals surface area contributed by atoms with Crippen molar-refractivity contribution in [1.82, 2.24) is 79.3 Å². The van der Waals surface area contributed by atoms with Crippen LogP contribution in [-0.2, 0) is 97.5 Å². The zero-order valence-corrected chi connectivity index (χ0v) is 61.4. The van der Waals surface area contributed by atoms with Crippen LogP contribution >= 0.6 is 50.5 Å². The second kappa shape index (κ2) is 45.4. The number of carboxylic acid groups (broad SMARTS) is 1. The lowest BCUT2D eigenvalue weighted by Crippen LogP contribution is -2.61. The minimum absolute atomic E-state index is 0.0254. The van der Waals surface area contributed by atoms with Crippen molar-refractivity contribution in [1.29, 1.82) is 0 Å². The predicted octanol–water partition coefficient (Wildman–Crippen LogP) is -12.7. The number of aromatic hydroxyl groups is 1. The van der Waals surface area contributed by atoms with E-state index in [1.165, 1.54) is 31.2 Å². The number of nitrogens with zero attached hydrogens (tertiary/aromatic N) is 2. The number of carbonyl (C=O) groups is 19. The molecule has 1 aromatic rings. The molecule has 0 spiro atoms. The first-order chi connectivity index (χ1) is 50.4. The third kappa shape index (κ3) is 30.7. The summed E-state index contributed by atoms with van der Waals surface area (Å²) in [6.45, 7) is 1.21. The number of amides is 18. The number of carboxylic acids is 1. The molecule has 2 aliphatic rings. The molecule has 47 heteroatoms. The molecule has 43 nitrogen and oxygen atoms in total. The van der Waals surface area contributed by atoms with Crippen molar-refractivity contribution >= 4 is 169 Å². The number of hydrogen-bond donors (Lipinski definition) is 26. The number of hydrogen-bond acceptors (Lipinski definition) is 28. The SMILES string of the molecule is C[C@H](NC(=O)[C@H](CS)NC(=O)[C@H](C)NC(=O)[C@H]1CCCN1C(=O)[C@H](CC1=NCNC1)NC(=O)[C@H](CO)NC(=O)[C@H](CS)NC(=O)[C@H](CS)NC(=O)CN)C(=O)N[C@@H](CC(N)=O)C(=O)N[C@@H](CC(N)=O)C(=O)N[C@@H](CCC(N)=O)C(=O)N[C@@H](CC(=O)O)C(=O)N[C@@H](Cc1ccc(O)cc1)C(=O)N[C@@H](CS)C(N)=O. The topological polar surface area (TPSA) is 699 Å². The lowest BCUT2D eigenvalue weighted by molar-refractivity contribution is -0.142. The molecule has 0 unspecified atom stereocenters. The number of rotatable bonds is 46. The first kappa shape index (κ1) is 91.1. The van der Waals surface area contributed by atoms with Crippen molar-refractivity contribution in [3.05, 3.63) is 29.8 Å². The number of phenols is 1. The van der Waals surface area contributed by atoms with Crippen LogP contribution in [0, 0.1) is 0 Å². The summed E-state index contributed by atoms with van der Waals surface area (Å²) in [5.74, 6) is -22.9. The van der Waals surface area contributed by atoms with Crippen LogP contribution in [0.2, 0.25) is 0 Å². The largest absolute Gasteiger partial charge is 0.508 e. The molecular formula is C60H91N21O22S4. The van der Waals surface area contributed by atoms with Crippen LogP contribution in [0.4, 0.5) is 0 Å². The molecule has 0 radical (unpaired) electrons. The lowest BCUT2D eigenvalue weighted by atomic mass is 10.0. The number of aliphatic carboxylic acids is 1. The Morgan fingerprint density at radius 3 is 1.39 bits per heavy atom. The molecule has 14 atom stereocenters. The minimum Gasteiger partial charge on any atom is -0.508 e. The van der Waals surface area contributed by atoms with Crippen LogP contribution in [0.3, 0.4) is 0 Å². The van der Waals surface area contributed by atoms with E-state index in [0.29, 0.717) is 11.3 Å². The van der Waals surface area contributed by atoms with E-state index in [1.54, 1.807) is 0 Å². The highest BCUT2D eigenvalue weighted by molar-refractivity contribution is 7.80. The Kier molecular flexibility index (Phi) is 38.7. The number of nitrogens with one attached hydrogen (secondary N) is 14. The number of phenolic OH excluding ortho intramolecular Hbond substituents is 1. The summed E-state index contributed by atoms with van der Waals surface area (Å²) in [5, 5.41) is 62.4. The molecule has 592 valence electrons. The molecule has 1 aromatic carbocycles. The van der Waals surface area contributed by atoms with E-state index < -0.39 is 248 Å². The molecule has 0 aromatic heterocycles. The van der Waals surface area contributed by atoms with Crippen molar-refractivity contribution in [2.45, 2.75) is 156 Å². The van der Waals surface area contributed by atoms with Gasteiger partial charge in [-0.25, -0.2) is 0 Å². The molecule has 0 aliphatic carbocycles. The fourth-order valence-corrected chi connectivity index (χ4v) is 11.1. The standard InChI is InChI=1S/C60H91N21O22S4/c1-25(68-56(99)39(22-106)79-49(92)26(2)69-59(102)41-4-3-11-81(41)60(103)35(13-28-18-66-24-67-28)76-55(98)36(19-82)77-58(101)40(23-107)80-57(100)38(21-105)70-45(87)17-61)48(91)72-32(14-43(63)85)53(96)74-33(15-44(64)86)52(95)71-30(9-10-42(62)84)50(93)75-34(16-46(88)89)54(97)73-31(12-27-5-7-29(83)8-6-27)51(94)78-37(20-104)47(65)90/h5-8,25-26,30-41,66,82-83,104-107H,3-4,9-24,61H2,1-2H3,(H2,62,84)(H2,63,85)(H2,64,86)(H2,65,90)(H,68,99)(H,69,102)(H,70,87)(H,71,95)(H,72,91)(H,73,97)(H,74,96)(H,75,93)(H,76,98)(H,77,101)(H,78,94)(H,79,92)(H,80,100)(H,88,89)/t25-,26-,30-,31-,32-,33-,34-,35-,36-,37-,38-,39-,40-,41+/m0/s1. The summed E-state index contributed by atoms with van der Waals surface area (Å²) in [7, 11) is 0. The summed E-state index contributed by atoms with van der Waals surface area (Å²) in [6.07, 6.45) is -4.94. The van der Waals surface area contributed by atoms with Gasteiger partial charge in [-0.15, -0.1) is 0 Å². The van der Waals surface area contributed by atoms with Gasteiger partial charge in [-0.3, -0.25) is 101 Å². The maximum Gasteiger partial charge on any atom is 0.305 e. The summed E-state index contributed by atoms with van der Waals surface area (Å²) >= 11 is 16.3. The third-order valence-electron chi connectivity index (χ3n) is 15.9. The monoisotopic (exact) mass is 1590 g/mol. The van der Waals surface area contributed by atoms with Gasteiger partial charge in [0.05, 0.1) is 39.1 Å². The van der Waals surface area contributed by atoms with Crippen LogP contribution in [0.25, 0.3) is 0 Å². The highest BCUT2D eigenvalue weighted by atomic mass is 32.1. The number of thiol groups is 4. The van der Waals surface area contributed by atoms with Crippen molar-refractivity contribution in [2.75, 3.05) is 55.9 Å². The van der Waals surface area contributed by atoms with Crippen LogP contribution < -0.4 is 103 Å². The fourth-order valence-electron chi connectivity index (χ4n) is 10.1. The molecule has 1 fully saturated rings. The highest BCUT2D eigenvalue weighted by Crippen LogP contribution is 2.21. The van der Waals surface area contributed by atoms with Gasteiger partial charge >= 0.3 is 5.97 Å².